The summed E-state index contributed by atoms with van der Waals surface area (Å²) in [5.74, 6) is 0.880. The number of nitrogens with zero attached hydrogens (tertiary/aromatic N) is 3. The summed E-state index contributed by atoms with van der Waals surface area (Å²) < 4.78 is 1.88. The molecule has 0 bridgehead atoms. The van der Waals surface area contributed by atoms with Gasteiger partial charge in [-0.15, -0.1) is 24.0 Å². The zero-order valence-electron chi connectivity index (χ0n) is 13.4. The maximum Gasteiger partial charge on any atom is 0.191 e. The predicted octanol–water partition coefficient (Wildman–Crippen LogP) is 2.67. The first kappa shape index (κ1) is 18.3. The van der Waals surface area contributed by atoms with Gasteiger partial charge in [0, 0.05) is 26.8 Å². The third-order valence-corrected chi connectivity index (χ3v) is 4.63. The van der Waals surface area contributed by atoms with Crippen LogP contribution < -0.4 is 10.6 Å². The minimum absolute atomic E-state index is 0. The summed E-state index contributed by atoms with van der Waals surface area (Å²) in [6.45, 7) is 4.07. The Morgan fingerprint density at radius 1 is 1.38 bits per heavy atom. The van der Waals surface area contributed by atoms with Crippen LogP contribution in [0.5, 0.6) is 0 Å². The van der Waals surface area contributed by atoms with Gasteiger partial charge >= 0.3 is 0 Å². The van der Waals surface area contributed by atoms with Crippen molar-refractivity contribution < 1.29 is 0 Å². The highest BCUT2D eigenvalue weighted by Gasteiger charge is 2.31. The predicted molar refractivity (Wildman–Crippen MR) is 98.0 cm³/mol. The van der Waals surface area contributed by atoms with Crippen LogP contribution >= 0.6 is 24.0 Å². The summed E-state index contributed by atoms with van der Waals surface area (Å²) in [7, 11) is 3.78. The molecule has 0 amide bonds. The van der Waals surface area contributed by atoms with E-state index >= 15 is 0 Å². The molecule has 1 aliphatic rings. The van der Waals surface area contributed by atoms with Crippen molar-refractivity contribution >= 4 is 29.9 Å². The van der Waals surface area contributed by atoms with Gasteiger partial charge in [0.15, 0.2) is 5.96 Å². The number of aryl methyl sites for hydroxylation is 1. The van der Waals surface area contributed by atoms with Gasteiger partial charge in [-0.05, 0) is 30.7 Å². The largest absolute Gasteiger partial charge is 0.356 e. The van der Waals surface area contributed by atoms with Gasteiger partial charge in [-0.3, -0.25) is 9.67 Å². The summed E-state index contributed by atoms with van der Waals surface area (Å²) in [5.41, 5.74) is 1.63. The molecule has 0 aromatic carbocycles. The Kier molecular flexibility index (Phi) is 7.48. The monoisotopic (exact) mass is 405 g/mol. The zero-order valence-corrected chi connectivity index (χ0v) is 15.7. The van der Waals surface area contributed by atoms with E-state index in [2.05, 4.69) is 27.6 Å². The van der Waals surface area contributed by atoms with E-state index in [4.69, 9.17) is 0 Å². The first-order valence-corrected chi connectivity index (χ1v) is 7.60. The molecule has 2 rings (SSSR count). The molecule has 120 valence electrons. The van der Waals surface area contributed by atoms with Gasteiger partial charge in [0.05, 0.1) is 12.2 Å². The van der Waals surface area contributed by atoms with Gasteiger partial charge in [0.25, 0.3) is 0 Å². The van der Waals surface area contributed by atoms with Crippen molar-refractivity contribution in [2.45, 2.75) is 45.6 Å². The van der Waals surface area contributed by atoms with Crippen molar-refractivity contribution in [2.24, 2.45) is 17.5 Å². The number of rotatable bonds is 5. The fourth-order valence-electron chi connectivity index (χ4n) is 3.02. The van der Waals surface area contributed by atoms with E-state index in [1.54, 1.807) is 0 Å². The molecule has 2 N–H and O–H groups in total. The van der Waals surface area contributed by atoms with E-state index in [0.717, 1.165) is 24.7 Å². The molecule has 1 aliphatic carbocycles. The first-order chi connectivity index (χ1) is 9.69. The highest BCUT2D eigenvalue weighted by atomic mass is 127. The first-order valence-electron chi connectivity index (χ1n) is 7.60. The third-order valence-electron chi connectivity index (χ3n) is 4.63. The molecule has 5 nitrogen and oxygen atoms in total. The minimum atomic E-state index is 0. The molecule has 0 saturated heterocycles. The van der Waals surface area contributed by atoms with Crippen molar-refractivity contribution in [3.05, 3.63) is 18.0 Å². The van der Waals surface area contributed by atoms with Crippen LogP contribution in [-0.4, -0.2) is 29.3 Å². The van der Waals surface area contributed by atoms with E-state index in [9.17, 15) is 0 Å². The Hall–Kier alpha value is -0.790. The molecule has 0 unspecified atom stereocenters. The van der Waals surface area contributed by atoms with Crippen molar-refractivity contribution in [1.82, 2.24) is 20.4 Å². The van der Waals surface area contributed by atoms with E-state index in [0.29, 0.717) is 5.41 Å². The summed E-state index contributed by atoms with van der Waals surface area (Å²) in [4.78, 5) is 4.31. The number of hydrogen-bond acceptors (Lipinski definition) is 2. The van der Waals surface area contributed by atoms with Gasteiger partial charge in [0.2, 0.25) is 0 Å². The molecule has 0 aliphatic heterocycles. The van der Waals surface area contributed by atoms with Gasteiger partial charge in [-0.1, -0.05) is 19.8 Å². The number of guanidine groups is 1. The van der Waals surface area contributed by atoms with Crippen LogP contribution in [0.25, 0.3) is 0 Å². The number of aromatic nitrogens is 2. The van der Waals surface area contributed by atoms with Crippen LogP contribution in [-0.2, 0) is 13.6 Å². The van der Waals surface area contributed by atoms with Gasteiger partial charge in [-0.25, -0.2) is 0 Å². The number of hydrogen-bond donors (Lipinski definition) is 2. The Balaban J connectivity index is 0.00000220. The Morgan fingerprint density at radius 3 is 2.62 bits per heavy atom. The van der Waals surface area contributed by atoms with Crippen LogP contribution in [0.3, 0.4) is 0 Å². The highest BCUT2D eigenvalue weighted by molar-refractivity contribution is 14.0. The van der Waals surface area contributed by atoms with Crippen molar-refractivity contribution in [2.75, 3.05) is 13.6 Å². The zero-order chi connectivity index (χ0) is 14.4. The van der Waals surface area contributed by atoms with Gasteiger partial charge in [0.1, 0.15) is 0 Å². The Bertz CT molecular complexity index is 449. The molecule has 0 atom stereocenters. The molecule has 0 radical (unpaired) electrons. The Labute approximate surface area is 145 Å². The smallest absolute Gasteiger partial charge is 0.191 e. The molecule has 21 heavy (non-hydrogen) atoms. The summed E-state index contributed by atoms with van der Waals surface area (Å²) in [5, 5.41) is 11.0. The molecule has 0 spiro atoms. The third kappa shape index (κ3) is 4.86. The summed E-state index contributed by atoms with van der Waals surface area (Å²) in [6.07, 6.45) is 8.49. The lowest BCUT2D eigenvalue weighted by Gasteiger charge is -2.28. The molecular weight excluding hydrogens is 377 g/mol. The lowest BCUT2D eigenvalue weighted by atomic mass is 9.83. The second-order valence-corrected chi connectivity index (χ2v) is 5.79. The van der Waals surface area contributed by atoms with Crippen LogP contribution in [0, 0.1) is 5.41 Å². The average molecular weight is 405 g/mol. The normalized spacial score (nSPS) is 17.4. The van der Waals surface area contributed by atoms with E-state index in [1.807, 2.05) is 31.0 Å². The fraction of sp³-hybridized carbons (Fsp3) is 0.733. The molecule has 6 heteroatoms. The van der Waals surface area contributed by atoms with E-state index < -0.39 is 0 Å². The fourth-order valence-corrected chi connectivity index (χ4v) is 3.02. The Morgan fingerprint density at radius 2 is 2.10 bits per heavy atom. The minimum Gasteiger partial charge on any atom is -0.356 e. The molecule has 1 aromatic heterocycles. The molecular formula is C15H28IN5. The maximum atomic E-state index is 4.31. The van der Waals surface area contributed by atoms with E-state index in [1.165, 1.54) is 32.1 Å². The second-order valence-electron chi connectivity index (χ2n) is 5.79. The quantitative estimate of drug-likeness (QED) is 0.450. The van der Waals surface area contributed by atoms with E-state index in [-0.39, 0.29) is 24.0 Å². The molecule has 1 fully saturated rings. The average Bonchev–Trinajstić information content (AvgIpc) is 3.09. The lowest BCUT2D eigenvalue weighted by Crippen LogP contribution is -2.42. The van der Waals surface area contributed by atoms with Crippen LogP contribution in [0.2, 0.25) is 0 Å². The SMILES string of the molecule is CCC1(CNC(=NC)NCc2ccnn2C)CCCC1.I. The van der Waals surface area contributed by atoms with Crippen molar-refractivity contribution in [3.8, 4) is 0 Å². The number of nitrogens with one attached hydrogen (secondary N) is 2. The number of aliphatic imine (C=N–C) groups is 1. The van der Waals surface area contributed by atoms with Crippen molar-refractivity contribution in [1.29, 1.82) is 0 Å². The topological polar surface area (TPSA) is 54.2 Å². The summed E-state index contributed by atoms with van der Waals surface area (Å²) in [6, 6.07) is 2.02. The second kappa shape index (κ2) is 8.60. The molecule has 1 aromatic rings. The standard InChI is InChI=1S/C15H27N5.HI/c1-4-15(8-5-6-9-15)12-18-14(16-2)17-11-13-7-10-19-20(13)3;/h7,10H,4-6,8-9,11-12H2,1-3H3,(H2,16,17,18);1H. The highest BCUT2D eigenvalue weighted by Crippen LogP contribution is 2.40. The van der Waals surface area contributed by atoms with Crippen LogP contribution in [0.1, 0.15) is 44.7 Å². The van der Waals surface area contributed by atoms with Gasteiger partial charge < -0.3 is 10.6 Å². The molecule has 1 saturated carbocycles. The summed E-state index contributed by atoms with van der Waals surface area (Å²) >= 11 is 0. The van der Waals surface area contributed by atoms with Gasteiger partial charge in [-0.2, -0.15) is 5.10 Å². The van der Waals surface area contributed by atoms with Crippen molar-refractivity contribution in [3.63, 3.8) is 0 Å². The lowest BCUT2D eigenvalue weighted by molar-refractivity contribution is 0.283. The van der Waals surface area contributed by atoms with Crippen LogP contribution in [0.15, 0.2) is 17.3 Å². The maximum absolute atomic E-state index is 4.31. The molecule has 1 heterocycles. The number of halogens is 1. The van der Waals surface area contributed by atoms with Crippen LogP contribution in [0.4, 0.5) is 0 Å².